The van der Waals surface area contributed by atoms with E-state index in [9.17, 15) is 14.4 Å². The van der Waals surface area contributed by atoms with Gasteiger partial charge in [0.15, 0.2) is 22.9 Å². The summed E-state index contributed by atoms with van der Waals surface area (Å²) in [5.41, 5.74) is 2.68. The summed E-state index contributed by atoms with van der Waals surface area (Å²) in [7, 11) is 1.28. The fourth-order valence-electron chi connectivity index (χ4n) is 6.64. The van der Waals surface area contributed by atoms with Crippen LogP contribution in [0.3, 0.4) is 0 Å². The molecule has 0 saturated carbocycles. The molecule has 0 spiro atoms. The van der Waals surface area contributed by atoms with Crippen LogP contribution in [0.4, 0.5) is 0 Å². The summed E-state index contributed by atoms with van der Waals surface area (Å²) < 4.78 is 30.3. The second kappa shape index (κ2) is 15.8. The third-order valence-electron chi connectivity index (χ3n) is 9.14. The van der Waals surface area contributed by atoms with Gasteiger partial charge in [-0.25, -0.2) is 14.6 Å². The molecule has 54 heavy (non-hydrogen) atoms. The lowest BCUT2D eigenvalue weighted by Crippen LogP contribution is -2.40. The van der Waals surface area contributed by atoms with Gasteiger partial charge in [-0.2, -0.15) is 0 Å². The first-order valence-electron chi connectivity index (χ1n) is 17.6. The molecule has 0 amide bonds. The average Bonchev–Trinajstić information content (AvgIpc) is 3.49. The highest BCUT2D eigenvalue weighted by Gasteiger charge is 2.34. The first-order chi connectivity index (χ1) is 26.3. The van der Waals surface area contributed by atoms with Crippen LogP contribution >= 0.6 is 11.3 Å². The zero-order valence-corrected chi connectivity index (χ0v) is 31.1. The number of allylic oxidation sites excluding steroid dienone is 1. The summed E-state index contributed by atoms with van der Waals surface area (Å²) in [5, 5.41) is 4.15. The van der Waals surface area contributed by atoms with Crippen molar-refractivity contribution in [2.75, 3.05) is 26.9 Å². The van der Waals surface area contributed by atoms with Crippen molar-refractivity contribution in [3.05, 3.63) is 145 Å². The molecule has 5 aromatic carbocycles. The fraction of sp³-hybridized carbons (Fsp3) is 0.209. The molecule has 10 nitrogen and oxygen atoms in total. The summed E-state index contributed by atoms with van der Waals surface area (Å²) in [6.45, 7) is 5.73. The number of rotatable bonds is 12. The number of aromatic nitrogens is 1. The number of ether oxygens (including phenoxy) is 5. The van der Waals surface area contributed by atoms with Gasteiger partial charge in [0.25, 0.3) is 5.56 Å². The van der Waals surface area contributed by atoms with E-state index in [1.54, 1.807) is 32.0 Å². The van der Waals surface area contributed by atoms with Gasteiger partial charge >= 0.3 is 11.9 Å². The Morgan fingerprint density at radius 3 is 2.30 bits per heavy atom. The minimum absolute atomic E-state index is 0.139. The van der Waals surface area contributed by atoms with Crippen LogP contribution in [-0.2, 0) is 25.7 Å². The van der Waals surface area contributed by atoms with Gasteiger partial charge in [0.1, 0.15) is 12.4 Å². The molecular weight excluding hydrogens is 705 g/mol. The third-order valence-corrected chi connectivity index (χ3v) is 10.1. The van der Waals surface area contributed by atoms with E-state index in [-0.39, 0.29) is 24.3 Å². The number of hydrogen-bond acceptors (Lipinski definition) is 10. The van der Waals surface area contributed by atoms with E-state index < -0.39 is 18.0 Å². The van der Waals surface area contributed by atoms with Crippen molar-refractivity contribution in [2.45, 2.75) is 33.4 Å². The van der Waals surface area contributed by atoms with E-state index in [0.29, 0.717) is 51.1 Å². The fourth-order valence-corrected chi connectivity index (χ4v) is 7.67. The number of thiazole rings is 1. The molecule has 11 heteroatoms. The molecule has 2 heterocycles. The Balaban J connectivity index is 1.36. The molecule has 1 atom stereocenters. The van der Waals surface area contributed by atoms with Gasteiger partial charge in [-0.05, 0) is 77.7 Å². The zero-order chi connectivity index (χ0) is 37.8. The van der Waals surface area contributed by atoms with Crippen LogP contribution < -0.4 is 29.1 Å². The molecule has 0 N–H and O–H groups in total. The van der Waals surface area contributed by atoms with Crippen LogP contribution in [0.2, 0.25) is 0 Å². The van der Waals surface area contributed by atoms with Crippen molar-refractivity contribution in [1.82, 2.24) is 4.57 Å². The van der Waals surface area contributed by atoms with E-state index in [1.807, 2.05) is 67.6 Å². The number of carbonyl (C=O) groups excluding carboxylic acids is 2. The minimum Gasteiger partial charge on any atom is -0.490 e. The summed E-state index contributed by atoms with van der Waals surface area (Å²) in [6, 6.07) is 30.4. The van der Waals surface area contributed by atoms with Crippen molar-refractivity contribution in [2.24, 2.45) is 4.99 Å². The van der Waals surface area contributed by atoms with Crippen LogP contribution in [0.25, 0.3) is 27.6 Å². The lowest BCUT2D eigenvalue weighted by atomic mass is 9.95. The van der Waals surface area contributed by atoms with Crippen LogP contribution in [0.1, 0.15) is 43.5 Å². The molecule has 0 fully saturated rings. The largest absolute Gasteiger partial charge is 0.490 e. The maximum atomic E-state index is 14.7. The highest BCUT2D eigenvalue weighted by molar-refractivity contribution is 7.07. The van der Waals surface area contributed by atoms with Gasteiger partial charge in [-0.1, -0.05) is 90.2 Å². The van der Waals surface area contributed by atoms with Gasteiger partial charge in [0, 0.05) is 5.56 Å². The molecule has 0 saturated heterocycles. The Kier molecular flexibility index (Phi) is 10.6. The number of carbonyl (C=O) groups is 2. The van der Waals surface area contributed by atoms with Crippen LogP contribution in [0.5, 0.6) is 17.2 Å². The molecule has 0 radical (unpaired) electrons. The van der Waals surface area contributed by atoms with Crippen molar-refractivity contribution >= 4 is 50.9 Å². The summed E-state index contributed by atoms with van der Waals surface area (Å²) >= 11 is 1.23. The van der Waals surface area contributed by atoms with Crippen molar-refractivity contribution in [3.63, 3.8) is 0 Å². The number of benzene rings is 5. The maximum absolute atomic E-state index is 14.7. The van der Waals surface area contributed by atoms with Gasteiger partial charge in [0.2, 0.25) is 0 Å². The Morgan fingerprint density at radius 2 is 1.54 bits per heavy atom. The number of hydrogen-bond donors (Lipinski definition) is 0. The monoisotopic (exact) mass is 742 g/mol. The number of fused-ring (bicyclic) bond motifs is 3. The molecule has 0 unspecified atom stereocenters. The van der Waals surface area contributed by atoms with Crippen LogP contribution in [0, 0.1) is 0 Å². The lowest BCUT2D eigenvalue weighted by molar-refractivity contribution is -0.143. The normalized spacial score (nSPS) is 14.1. The first kappa shape index (κ1) is 36.2. The molecule has 0 aliphatic carbocycles. The van der Waals surface area contributed by atoms with Crippen LogP contribution in [-0.4, -0.2) is 43.4 Å². The topological polar surface area (TPSA) is 115 Å². The van der Waals surface area contributed by atoms with Crippen molar-refractivity contribution in [3.8, 4) is 17.2 Å². The molecular formula is C43H38N2O8S. The Morgan fingerprint density at radius 1 is 0.815 bits per heavy atom. The average molecular weight is 743 g/mol. The quantitative estimate of drug-likeness (QED) is 0.128. The Labute approximate surface area is 315 Å². The van der Waals surface area contributed by atoms with E-state index in [2.05, 4.69) is 24.3 Å². The number of nitrogens with zero attached hydrogens (tertiary/aromatic N) is 2. The molecule has 0 bridgehead atoms. The lowest BCUT2D eigenvalue weighted by Gasteiger charge is -2.25. The smallest absolute Gasteiger partial charge is 0.343 e. The summed E-state index contributed by atoms with van der Waals surface area (Å²) in [6.07, 6.45) is 1.85. The second-order valence-electron chi connectivity index (χ2n) is 12.4. The SMILES string of the molecule is CCOC(=O)C1=C(C)N=c2s/c(=C/c3c(OCc4cccc5ccccc45)ccc4ccccc34)c(=O)n2[C@H]1c1ccc(OCC(=O)OC)c(OCC)c1. The van der Waals surface area contributed by atoms with Crippen molar-refractivity contribution in [1.29, 1.82) is 0 Å². The van der Waals surface area contributed by atoms with E-state index in [4.69, 9.17) is 28.7 Å². The standard InChI is InChI=1S/C43H38N2O8S/c1-5-50-36-22-29(19-21-35(36)53-25-38(46)49-4)40-39(42(48)51-6-2)26(3)44-43-45(40)41(47)37(54-43)23-33-32-17-10-8-13-28(32)18-20-34(33)52-24-30-15-11-14-27-12-7-9-16-31(27)30/h7-23,40H,5-6,24-25H2,1-4H3/b37-23+/t40-/m0/s1. The molecule has 6 aromatic rings. The minimum atomic E-state index is -0.897. The highest BCUT2D eigenvalue weighted by Crippen LogP contribution is 2.37. The number of esters is 2. The van der Waals surface area contributed by atoms with Gasteiger partial charge in [0.05, 0.1) is 42.2 Å². The van der Waals surface area contributed by atoms with E-state index >= 15 is 0 Å². The van der Waals surface area contributed by atoms with Crippen molar-refractivity contribution < 1.29 is 33.3 Å². The predicted octanol–water partition coefficient (Wildman–Crippen LogP) is 6.63. The zero-order valence-electron chi connectivity index (χ0n) is 30.3. The number of methoxy groups -OCH3 is 1. The van der Waals surface area contributed by atoms with Gasteiger partial charge < -0.3 is 23.7 Å². The molecule has 1 aliphatic rings. The van der Waals surface area contributed by atoms with Gasteiger partial charge in [-0.3, -0.25) is 9.36 Å². The van der Waals surface area contributed by atoms with Gasteiger partial charge in [-0.15, -0.1) is 0 Å². The van der Waals surface area contributed by atoms with E-state index in [1.165, 1.54) is 23.0 Å². The maximum Gasteiger partial charge on any atom is 0.343 e. The van der Waals surface area contributed by atoms with Crippen LogP contribution in [0.15, 0.2) is 118 Å². The Bertz CT molecular complexity index is 2620. The summed E-state index contributed by atoms with van der Waals surface area (Å²) in [4.78, 5) is 45.2. The molecule has 1 aliphatic heterocycles. The Hall–Kier alpha value is -6.20. The summed E-state index contributed by atoms with van der Waals surface area (Å²) in [5.74, 6) is 0.132. The van der Waals surface area contributed by atoms with E-state index in [0.717, 1.165) is 32.7 Å². The molecule has 1 aromatic heterocycles. The second-order valence-corrected chi connectivity index (χ2v) is 13.4. The molecule has 7 rings (SSSR count). The molecule has 274 valence electrons. The predicted molar refractivity (Wildman–Crippen MR) is 208 cm³/mol. The third kappa shape index (κ3) is 7.10. The highest BCUT2D eigenvalue weighted by atomic mass is 32.1. The first-order valence-corrected chi connectivity index (χ1v) is 18.4.